The minimum absolute atomic E-state index is 0.693. The molecule has 0 aliphatic heterocycles. The Kier molecular flexibility index (Phi) is 7.99. The van der Waals surface area contributed by atoms with Crippen molar-refractivity contribution in [3.8, 4) is 11.5 Å². The first kappa shape index (κ1) is 16.7. The topological polar surface area (TPSA) is 46.6 Å². The van der Waals surface area contributed by atoms with Gasteiger partial charge >= 0.3 is 0 Å². The van der Waals surface area contributed by atoms with E-state index in [0.717, 1.165) is 44.0 Å². The highest BCUT2D eigenvalue weighted by Gasteiger charge is 2.10. The first-order valence-corrected chi connectivity index (χ1v) is 7.25. The molecule has 1 aromatic rings. The highest BCUT2D eigenvalue weighted by molar-refractivity contribution is 5.42. The van der Waals surface area contributed by atoms with E-state index < -0.39 is 0 Å². The van der Waals surface area contributed by atoms with E-state index in [-0.39, 0.29) is 0 Å². The van der Waals surface area contributed by atoms with Gasteiger partial charge in [-0.3, -0.25) is 4.98 Å². The van der Waals surface area contributed by atoms with Gasteiger partial charge in [-0.1, -0.05) is 13.8 Å². The normalized spacial score (nSPS) is 10.8. The number of aromatic nitrogens is 1. The van der Waals surface area contributed by atoms with Gasteiger partial charge in [0.25, 0.3) is 0 Å². The molecule has 0 aromatic carbocycles. The van der Waals surface area contributed by atoms with Crippen LogP contribution in [0, 0.1) is 0 Å². The summed E-state index contributed by atoms with van der Waals surface area (Å²) in [6.07, 6.45) is 2.88. The fourth-order valence-corrected chi connectivity index (χ4v) is 2.15. The molecule has 5 nitrogen and oxygen atoms in total. The molecule has 0 amide bonds. The maximum Gasteiger partial charge on any atom is 0.183 e. The summed E-state index contributed by atoms with van der Waals surface area (Å²) in [7, 11) is 3.28. The van der Waals surface area contributed by atoms with Crippen molar-refractivity contribution in [2.24, 2.45) is 0 Å². The average Bonchev–Trinajstić information content (AvgIpc) is 2.50. The van der Waals surface area contributed by atoms with E-state index in [1.807, 2.05) is 6.07 Å². The average molecular weight is 281 g/mol. The van der Waals surface area contributed by atoms with Gasteiger partial charge in [-0.15, -0.1) is 0 Å². The van der Waals surface area contributed by atoms with Crippen LogP contribution in [0.5, 0.6) is 11.5 Å². The zero-order valence-electron chi connectivity index (χ0n) is 13.1. The zero-order chi connectivity index (χ0) is 14.8. The summed E-state index contributed by atoms with van der Waals surface area (Å²) in [5.74, 6) is 1.44. The van der Waals surface area contributed by atoms with Crippen LogP contribution < -0.4 is 14.8 Å². The van der Waals surface area contributed by atoms with E-state index in [1.54, 1.807) is 20.4 Å². The van der Waals surface area contributed by atoms with E-state index in [1.165, 1.54) is 0 Å². The van der Waals surface area contributed by atoms with Crippen LogP contribution >= 0.6 is 0 Å². The van der Waals surface area contributed by atoms with E-state index in [2.05, 4.69) is 29.0 Å². The number of nitrogens with one attached hydrogen (secondary N) is 1. The third kappa shape index (κ3) is 4.98. The van der Waals surface area contributed by atoms with Gasteiger partial charge in [-0.25, -0.2) is 0 Å². The first-order valence-electron chi connectivity index (χ1n) is 7.25. The second-order valence-electron chi connectivity index (χ2n) is 4.55. The Bertz CT molecular complexity index is 381. The summed E-state index contributed by atoms with van der Waals surface area (Å²) in [5.41, 5.74) is 0.884. The number of pyridine rings is 1. The third-order valence-corrected chi connectivity index (χ3v) is 3.38. The van der Waals surface area contributed by atoms with Gasteiger partial charge in [0.15, 0.2) is 11.5 Å². The van der Waals surface area contributed by atoms with Crippen molar-refractivity contribution in [2.45, 2.75) is 26.8 Å². The molecule has 0 aliphatic carbocycles. The van der Waals surface area contributed by atoms with Gasteiger partial charge in [0.05, 0.1) is 19.9 Å². The molecule has 0 atom stereocenters. The summed E-state index contributed by atoms with van der Waals surface area (Å²) in [5, 5.41) is 3.41. The molecule has 0 fully saturated rings. The van der Waals surface area contributed by atoms with Crippen molar-refractivity contribution < 1.29 is 9.47 Å². The molecule has 0 unspecified atom stereocenters. The van der Waals surface area contributed by atoms with Crippen LogP contribution in [0.4, 0.5) is 0 Å². The highest BCUT2D eigenvalue weighted by Crippen LogP contribution is 2.28. The van der Waals surface area contributed by atoms with Crippen LogP contribution in [0.1, 0.15) is 26.0 Å². The number of methoxy groups -OCH3 is 2. The van der Waals surface area contributed by atoms with Crippen LogP contribution in [-0.4, -0.2) is 50.3 Å². The molecule has 0 saturated heterocycles. The zero-order valence-corrected chi connectivity index (χ0v) is 13.1. The van der Waals surface area contributed by atoms with Crippen LogP contribution in [0.25, 0.3) is 0 Å². The summed E-state index contributed by atoms with van der Waals surface area (Å²) in [4.78, 5) is 6.77. The lowest BCUT2D eigenvalue weighted by molar-refractivity contribution is 0.297. The molecule has 20 heavy (non-hydrogen) atoms. The van der Waals surface area contributed by atoms with Gasteiger partial charge in [0, 0.05) is 18.8 Å². The smallest absolute Gasteiger partial charge is 0.183 e. The molecule has 0 radical (unpaired) electrons. The van der Waals surface area contributed by atoms with Gasteiger partial charge in [0.2, 0.25) is 0 Å². The Hall–Kier alpha value is -1.33. The quantitative estimate of drug-likeness (QED) is 0.664. The fraction of sp³-hybridized carbons (Fsp3) is 0.667. The summed E-state index contributed by atoms with van der Waals surface area (Å²) in [6.45, 7) is 9.41. The lowest BCUT2D eigenvalue weighted by Gasteiger charge is -2.17. The maximum atomic E-state index is 5.36. The Morgan fingerprint density at radius 3 is 2.55 bits per heavy atom. The molecule has 1 aromatic heterocycles. The van der Waals surface area contributed by atoms with Crippen molar-refractivity contribution in [3.05, 3.63) is 18.0 Å². The summed E-state index contributed by atoms with van der Waals surface area (Å²) in [6, 6.07) is 1.81. The van der Waals surface area contributed by atoms with E-state index >= 15 is 0 Å². The van der Waals surface area contributed by atoms with Crippen LogP contribution in [0.2, 0.25) is 0 Å². The van der Waals surface area contributed by atoms with Gasteiger partial charge < -0.3 is 19.7 Å². The summed E-state index contributed by atoms with van der Waals surface area (Å²) >= 11 is 0. The van der Waals surface area contributed by atoms with Crippen molar-refractivity contribution in [1.82, 2.24) is 15.2 Å². The minimum atomic E-state index is 0.693. The van der Waals surface area contributed by atoms with E-state index in [0.29, 0.717) is 12.3 Å². The first-order chi connectivity index (χ1) is 9.76. The highest BCUT2D eigenvalue weighted by atomic mass is 16.5. The molecular weight excluding hydrogens is 254 g/mol. The standard InChI is InChI=1S/C15H27N3O2/c1-5-18(6-2)11-7-9-16-12-13-15(20-4)14(19-3)8-10-17-13/h8,10,16H,5-7,9,11-12H2,1-4H3. The van der Waals surface area contributed by atoms with Gasteiger partial charge in [-0.2, -0.15) is 0 Å². The molecule has 0 bridgehead atoms. The fourth-order valence-electron chi connectivity index (χ4n) is 2.15. The van der Waals surface area contributed by atoms with Crippen LogP contribution in [-0.2, 0) is 6.54 Å². The molecule has 114 valence electrons. The lowest BCUT2D eigenvalue weighted by atomic mass is 10.3. The SMILES string of the molecule is CCN(CC)CCCNCc1nccc(OC)c1OC. The number of ether oxygens (including phenoxy) is 2. The Balaban J connectivity index is 2.39. The second kappa shape index (κ2) is 9.55. The molecule has 1 heterocycles. The number of hydrogen-bond acceptors (Lipinski definition) is 5. The number of nitrogens with zero attached hydrogens (tertiary/aromatic N) is 2. The van der Waals surface area contributed by atoms with Gasteiger partial charge in [0.1, 0.15) is 0 Å². The third-order valence-electron chi connectivity index (χ3n) is 3.38. The van der Waals surface area contributed by atoms with E-state index in [9.17, 15) is 0 Å². The minimum Gasteiger partial charge on any atom is -0.493 e. The predicted octanol–water partition coefficient (Wildman–Crippen LogP) is 1.92. The monoisotopic (exact) mass is 281 g/mol. The Morgan fingerprint density at radius 2 is 1.95 bits per heavy atom. The van der Waals surface area contributed by atoms with Crippen molar-refractivity contribution >= 4 is 0 Å². The second-order valence-corrected chi connectivity index (χ2v) is 4.55. The Labute approximate surface area is 122 Å². The molecular formula is C15H27N3O2. The number of rotatable bonds is 10. The number of hydrogen-bond donors (Lipinski definition) is 1. The molecule has 0 saturated carbocycles. The predicted molar refractivity (Wildman–Crippen MR) is 81.5 cm³/mol. The maximum absolute atomic E-state index is 5.36. The van der Waals surface area contributed by atoms with Crippen LogP contribution in [0.15, 0.2) is 12.3 Å². The molecule has 5 heteroatoms. The van der Waals surface area contributed by atoms with Crippen molar-refractivity contribution in [3.63, 3.8) is 0 Å². The lowest BCUT2D eigenvalue weighted by Crippen LogP contribution is -2.27. The van der Waals surface area contributed by atoms with Crippen molar-refractivity contribution in [1.29, 1.82) is 0 Å². The van der Waals surface area contributed by atoms with Crippen molar-refractivity contribution in [2.75, 3.05) is 40.4 Å². The Morgan fingerprint density at radius 1 is 1.20 bits per heavy atom. The van der Waals surface area contributed by atoms with Crippen LogP contribution in [0.3, 0.4) is 0 Å². The largest absolute Gasteiger partial charge is 0.493 e. The molecule has 0 spiro atoms. The molecule has 1 N–H and O–H groups in total. The van der Waals surface area contributed by atoms with E-state index in [4.69, 9.17) is 9.47 Å². The molecule has 0 aliphatic rings. The molecule has 1 rings (SSSR count). The van der Waals surface area contributed by atoms with Gasteiger partial charge in [-0.05, 0) is 32.6 Å². The summed E-state index contributed by atoms with van der Waals surface area (Å²) < 4.78 is 10.6.